The standard InChI is InChI=1S/C15H14N4O6/c20-11-5-6-18(14(24)16-11)8-1-3-9(4-2-8)19-10(7-12(21)22)13(23)17-15(19)25/h1-4,10H,5-7H2,(H,21,22)(H,16,20,24)(H,17,23,25). The zero-order chi connectivity index (χ0) is 18.1. The molecule has 0 radical (unpaired) electrons. The van der Waals surface area contributed by atoms with E-state index < -0.39 is 36.4 Å². The van der Waals surface area contributed by atoms with Crippen LogP contribution < -0.4 is 20.4 Å². The van der Waals surface area contributed by atoms with Crippen molar-refractivity contribution >= 4 is 41.2 Å². The number of imide groups is 2. The fourth-order valence-electron chi connectivity index (χ4n) is 2.76. The van der Waals surface area contributed by atoms with E-state index in [1.165, 1.54) is 17.0 Å². The summed E-state index contributed by atoms with van der Waals surface area (Å²) in [5, 5.41) is 13.2. The Balaban J connectivity index is 1.82. The van der Waals surface area contributed by atoms with Crippen LogP contribution in [0.1, 0.15) is 12.8 Å². The molecule has 2 saturated heterocycles. The van der Waals surface area contributed by atoms with E-state index in [2.05, 4.69) is 10.6 Å². The molecule has 0 aromatic heterocycles. The third-order valence-electron chi connectivity index (χ3n) is 3.92. The van der Waals surface area contributed by atoms with E-state index in [1.54, 1.807) is 12.1 Å². The third-order valence-corrected chi connectivity index (χ3v) is 3.92. The minimum atomic E-state index is -1.20. The average Bonchev–Trinajstić information content (AvgIpc) is 2.81. The number of carbonyl (C=O) groups excluding carboxylic acids is 4. The van der Waals surface area contributed by atoms with Gasteiger partial charge < -0.3 is 5.11 Å². The van der Waals surface area contributed by atoms with Crippen molar-refractivity contribution in [3.8, 4) is 0 Å². The molecule has 1 unspecified atom stereocenters. The van der Waals surface area contributed by atoms with Gasteiger partial charge in [0.2, 0.25) is 5.91 Å². The van der Waals surface area contributed by atoms with Gasteiger partial charge in [-0.2, -0.15) is 0 Å². The number of urea groups is 2. The number of benzene rings is 1. The van der Waals surface area contributed by atoms with Gasteiger partial charge in [-0.1, -0.05) is 0 Å². The van der Waals surface area contributed by atoms with Gasteiger partial charge in [0.15, 0.2) is 0 Å². The van der Waals surface area contributed by atoms with Gasteiger partial charge in [0.1, 0.15) is 6.04 Å². The molecule has 10 nitrogen and oxygen atoms in total. The van der Waals surface area contributed by atoms with Crippen LogP contribution in [0.5, 0.6) is 0 Å². The zero-order valence-corrected chi connectivity index (χ0v) is 12.9. The second kappa shape index (κ2) is 6.23. The summed E-state index contributed by atoms with van der Waals surface area (Å²) >= 11 is 0. The molecular formula is C15H14N4O6. The summed E-state index contributed by atoms with van der Waals surface area (Å²) in [4.78, 5) is 60.1. The van der Waals surface area contributed by atoms with Crippen LogP contribution in [-0.4, -0.2) is 47.5 Å². The summed E-state index contributed by atoms with van der Waals surface area (Å²) in [6, 6.07) is 3.74. The molecule has 6 amide bonds. The molecule has 3 N–H and O–H groups in total. The molecule has 1 atom stereocenters. The van der Waals surface area contributed by atoms with Crippen molar-refractivity contribution in [3.63, 3.8) is 0 Å². The first-order chi connectivity index (χ1) is 11.9. The van der Waals surface area contributed by atoms with Crippen LogP contribution >= 0.6 is 0 Å². The Morgan fingerprint density at radius 1 is 1.04 bits per heavy atom. The number of hydrogen-bond acceptors (Lipinski definition) is 5. The number of carboxylic acids is 1. The van der Waals surface area contributed by atoms with E-state index in [9.17, 15) is 24.0 Å². The summed E-state index contributed by atoms with van der Waals surface area (Å²) in [6.45, 7) is 0.230. The van der Waals surface area contributed by atoms with Gasteiger partial charge in [0.25, 0.3) is 5.91 Å². The molecule has 0 aliphatic carbocycles. The monoisotopic (exact) mass is 346 g/mol. The molecule has 2 heterocycles. The number of nitrogens with zero attached hydrogens (tertiary/aromatic N) is 2. The molecule has 130 valence electrons. The van der Waals surface area contributed by atoms with Crippen LogP contribution in [0.25, 0.3) is 0 Å². The zero-order valence-electron chi connectivity index (χ0n) is 12.9. The highest BCUT2D eigenvalue weighted by molar-refractivity contribution is 6.15. The molecule has 3 rings (SSSR count). The van der Waals surface area contributed by atoms with Gasteiger partial charge in [-0.15, -0.1) is 0 Å². The topological polar surface area (TPSA) is 136 Å². The highest BCUT2D eigenvalue weighted by Gasteiger charge is 2.40. The Hall–Kier alpha value is -3.43. The second-order valence-corrected chi connectivity index (χ2v) is 5.55. The van der Waals surface area contributed by atoms with Crippen molar-refractivity contribution in [2.45, 2.75) is 18.9 Å². The molecule has 1 aromatic carbocycles. The molecular weight excluding hydrogens is 332 g/mol. The van der Waals surface area contributed by atoms with Crippen molar-refractivity contribution in [2.75, 3.05) is 16.3 Å². The average molecular weight is 346 g/mol. The third kappa shape index (κ3) is 3.13. The van der Waals surface area contributed by atoms with E-state index in [1.807, 2.05) is 0 Å². The fraction of sp³-hybridized carbons (Fsp3) is 0.267. The van der Waals surface area contributed by atoms with E-state index in [4.69, 9.17) is 5.11 Å². The summed E-state index contributed by atoms with van der Waals surface area (Å²) in [6.07, 6.45) is -0.340. The Morgan fingerprint density at radius 3 is 2.28 bits per heavy atom. The van der Waals surface area contributed by atoms with Crippen molar-refractivity contribution < 1.29 is 29.1 Å². The molecule has 0 saturated carbocycles. The Morgan fingerprint density at radius 2 is 1.68 bits per heavy atom. The van der Waals surface area contributed by atoms with Crippen molar-refractivity contribution in [3.05, 3.63) is 24.3 Å². The molecule has 2 aliphatic heterocycles. The van der Waals surface area contributed by atoms with Crippen LogP contribution in [0.3, 0.4) is 0 Å². The quantitative estimate of drug-likeness (QED) is 0.658. The maximum Gasteiger partial charge on any atom is 0.329 e. The lowest BCUT2D eigenvalue weighted by atomic mass is 10.1. The lowest BCUT2D eigenvalue weighted by molar-refractivity contribution is -0.139. The van der Waals surface area contributed by atoms with Crippen LogP contribution in [0.4, 0.5) is 21.0 Å². The summed E-state index contributed by atoms with van der Waals surface area (Å²) in [5.41, 5.74) is 0.835. The molecule has 2 fully saturated rings. The maximum absolute atomic E-state index is 11.9. The summed E-state index contributed by atoms with van der Waals surface area (Å²) < 4.78 is 0. The first-order valence-corrected chi connectivity index (χ1v) is 7.44. The van der Waals surface area contributed by atoms with Gasteiger partial charge in [0.05, 0.1) is 6.42 Å². The number of rotatable bonds is 4. The van der Waals surface area contributed by atoms with Gasteiger partial charge >= 0.3 is 18.0 Å². The van der Waals surface area contributed by atoms with Crippen LogP contribution in [0.2, 0.25) is 0 Å². The molecule has 2 aliphatic rings. The van der Waals surface area contributed by atoms with Crippen molar-refractivity contribution in [1.29, 1.82) is 0 Å². The number of hydrogen-bond donors (Lipinski definition) is 3. The van der Waals surface area contributed by atoms with E-state index >= 15 is 0 Å². The van der Waals surface area contributed by atoms with Crippen LogP contribution in [-0.2, 0) is 14.4 Å². The van der Waals surface area contributed by atoms with Crippen molar-refractivity contribution in [2.24, 2.45) is 0 Å². The molecule has 25 heavy (non-hydrogen) atoms. The minimum absolute atomic E-state index is 0.178. The highest BCUT2D eigenvalue weighted by Crippen LogP contribution is 2.26. The number of nitrogens with one attached hydrogen (secondary N) is 2. The van der Waals surface area contributed by atoms with Gasteiger partial charge in [-0.25, -0.2) is 9.59 Å². The first kappa shape index (κ1) is 16.4. The van der Waals surface area contributed by atoms with Gasteiger partial charge in [0, 0.05) is 24.3 Å². The molecule has 1 aromatic rings. The maximum atomic E-state index is 11.9. The number of amides is 6. The summed E-state index contributed by atoms with van der Waals surface area (Å²) in [7, 11) is 0. The summed E-state index contributed by atoms with van der Waals surface area (Å²) in [5.74, 6) is -2.22. The number of anilines is 2. The highest BCUT2D eigenvalue weighted by atomic mass is 16.4. The molecule has 0 bridgehead atoms. The SMILES string of the molecule is O=C(O)CC1C(=O)NC(=O)N1c1ccc(N2CCC(=O)NC2=O)cc1. The lowest BCUT2D eigenvalue weighted by Crippen LogP contribution is -2.49. The van der Waals surface area contributed by atoms with Gasteiger partial charge in [-0.3, -0.25) is 34.8 Å². The predicted molar refractivity (Wildman–Crippen MR) is 84.0 cm³/mol. The second-order valence-electron chi connectivity index (χ2n) is 5.55. The number of carboxylic acid groups (broad SMARTS) is 1. The van der Waals surface area contributed by atoms with E-state index in [0.29, 0.717) is 11.4 Å². The Kier molecular flexibility index (Phi) is 4.09. The van der Waals surface area contributed by atoms with E-state index in [0.717, 1.165) is 4.90 Å². The predicted octanol–water partition coefficient (Wildman–Crippen LogP) is 0.0324. The first-order valence-electron chi connectivity index (χ1n) is 7.44. The number of carbonyl (C=O) groups is 5. The fourth-order valence-corrected chi connectivity index (χ4v) is 2.76. The van der Waals surface area contributed by atoms with Crippen LogP contribution in [0, 0.1) is 0 Å². The largest absolute Gasteiger partial charge is 0.481 e. The van der Waals surface area contributed by atoms with E-state index in [-0.39, 0.29) is 18.9 Å². The lowest BCUT2D eigenvalue weighted by Gasteiger charge is -2.27. The number of aliphatic carboxylic acids is 1. The van der Waals surface area contributed by atoms with Gasteiger partial charge in [-0.05, 0) is 24.3 Å². The minimum Gasteiger partial charge on any atom is -0.481 e. The Labute approximate surface area is 141 Å². The molecule has 10 heteroatoms. The normalized spacial score (nSPS) is 20.6. The van der Waals surface area contributed by atoms with Crippen molar-refractivity contribution in [1.82, 2.24) is 10.6 Å². The molecule has 0 spiro atoms. The van der Waals surface area contributed by atoms with Crippen LogP contribution in [0.15, 0.2) is 24.3 Å². The smallest absolute Gasteiger partial charge is 0.329 e. The Bertz CT molecular complexity index is 775.